The predicted octanol–water partition coefficient (Wildman–Crippen LogP) is 6.74. The first-order valence-electron chi connectivity index (χ1n) is 7.72. The van der Waals surface area contributed by atoms with Crippen LogP contribution in [0, 0.1) is 0 Å². The van der Waals surface area contributed by atoms with Gasteiger partial charge < -0.3 is 10.1 Å². The minimum Gasteiger partial charge on any atom is -0.450 e. The summed E-state index contributed by atoms with van der Waals surface area (Å²) < 4.78 is 45.1. The number of allylic oxidation sites excluding steroid dienone is 2. The number of amides is 1. The van der Waals surface area contributed by atoms with Crippen LogP contribution >= 0.6 is 43.9 Å². The standard InChI is InChI=1S/C19H11Cl2F3INO2/c20-13-4-1-11(2-5-13)18(27)26-14-6-7-16(15(21)9-14)28-17-8-3-12(10-25-17)19(22,23)24/h1-10H,(H,26,27). The molecule has 0 saturated heterocycles. The van der Waals surface area contributed by atoms with Gasteiger partial charge in [0.2, 0.25) is 0 Å². The Morgan fingerprint density at radius 3 is 2.32 bits per heavy atom. The molecule has 28 heavy (non-hydrogen) atoms. The minimum atomic E-state index is -4.36. The van der Waals surface area contributed by atoms with Gasteiger partial charge in [-0.25, -0.2) is 0 Å². The van der Waals surface area contributed by atoms with Gasteiger partial charge in [0, 0.05) is 16.3 Å². The van der Waals surface area contributed by atoms with Gasteiger partial charge in [-0.2, -0.15) is 13.2 Å². The Bertz CT molecular complexity index is 999. The van der Waals surface area contributed by atoms with E-state index < -0.39 is 32.5 Å². The van der Waals surface area contributed by atoms with Gasteiger partial charge in [0.25, 0.3) is 5.91 Å². The molecule has 0 aromatic heterocycles. The molecule has 2 aromatic carbocycles. The van der Waals surface area contributed by atoms with Crippen molar-refractivity contribution in [3.8, 4) is 5.75 Å². The highest BCUT2D eigenvalue weighted by Crippen LogP contribution is 2.33. The van der Waals surface area contributed by atoms with E-state index in [2.05, 4.69) is 5.32 Å². The molecule has 1 aliphatic heterocycles. The van der Waals surface area contributed by atoms with Crippen LogP contribution in [0.15, 0.2) is 64.3 Å². The van der Waals surface area contributed by atoms with E-state index in [0.29, 0.717) is 25.7 Å². The molecule has 0 atom stereocenters. The van der Waals surface area contributed by atoms with Crippen LogP contribution in [0.1, 0.15) is 10.4 Å². The van der Waals surface area contributed by atoms with Crippen molar-refractivity contribution in [1.29, 1.82) is 0 Å². The van der Waals surface area contributed by atoms with Crippen LogP contribution in [0.2, 0.25) is 10.0 Å². The Morgan fingerprint density at radius 1 is 1.04 bits per heavy atom. The topological polar surface area (TPSA) is 38.3 Å². The van der Waals surface area contributed by atoms with Crippen LogP contribution in [-0.2, 0) is 0 Å². The maximum absolute atomic E-state index is 12.6. The minimum absolute atomic E-state index is 0.226. The van der Waals surface area contributed by atoms with E-state index in [1.54, 1.807) is 36.4 Å². The maximum Gasteiger partial charge on any atom is 0.416 e. The Labute approximate surface area is 178 Å². The van der Waals surface area contributed by atoms with Crippen molar-refractivity contribution in [2.75, 3.05) is 5.32 Å². The summed E-state index contributed by atoms with van der Waals surface area (Å²) in [7, 11) is 0. The monoisotopic (exact) mass is 539 g/mol. The van der Waals surface area contributed by atoms with Crippen LogP contribution in [-0.4, -0.2) is 15.8 Å². The molecule has 9 heteroatoms. The Balaban J connectivity index is 1.69. The molecule has 1 aliphatic rings. The lowest BCUT2D eigenvalue weighted by atomic mass is 10.2. The van der Waals surface area contributed by atoms with Crippen LogP contribution in [0.25, 0.3) is 0 Å². The van der Waals surface area contributed by atoms with Crippen molar-refractivity contribution < 1.29 is 22.7 Å². The van der Waals surface area contributed by atoms with Crippen molar-refractivity contribution >= 4 is 59.2 Å². The molecule has 0 spiro atoms. The molecular formula is C19H11Cl2F3INO2. The van der Waals surface area contributed by atoms with E-state index in [1.807, 2.05) is 0 Å². The normalized spacial score (nSPS) is 13.9. The van der Waals surface area contributed by atoms with E-state index in [0.717, 1.165) is 10.2 Å². The molecule has 0 fully saturated rings. The van der Waals surface area contributed by atoms with Gasteiger partial charge in [-0.1, -0.05) is 23.2 Å². The second-order valence-corrected chi connectivity index (χ2v) is 8.67. The second kappa shape index (κ2) is 8.67. The number of hydrogen-bond donors (Lipinski definition) is 1. The van der Waals surface area contributed by atoms with Gasteiger partial charge in [0.15, 0.2) is 3.69 Å². The van der Waals surface area contributed by atoms with Gasteiger partial charge in [-0.15, -0.1) is 0 Å². The summed E-state index contributed by atoms with van der Waals surface area (Å²) in [5, 5.41) is 3.45. The molecular weight excluding hydrogens is 529 g/mol. The molecule has 3 nitrogen and oxygen atoms in total. The zero-order valence-electron chi connectivity index (χ0n) is 13.9. The third-order valence-corrected chi connectivity index (χ3v) is 6.23. The number of carbonyl (C=O) groups is 1. The van der Waals surface area contributed by atoms with Crippen molar-refractivity contribution in [3.63, 3.8) is 0 Å². The average Bonchev–Trinajstić information content (AvgIpc) is 2.64. The zero-order chi connectivity index (χ0) is 20.3. The van der Waals surface area contributed by atoms with Crippen LogP contribution in [0.3, 0.4) is 0 Å². The highest BCUT2D eigenvalue weighted by atomic mass is 127. The van der Waals surface area contributed by atoms with Crippen molar-refractivity contribution in [2.45, 2.75) is 6.18 Å². The molecule has 1 N–H and O–H groups in total. The first kappa shape index (κ1) is 20.9. The number of rotatable bonds is 4. The summed E-state index contributed by atoms with van der Waals surface area (Å²) >= 11 is 10.9. The van der Waals surface area contributed by atoms with Gasteiger partial charge in [-0.3, -0.25) is 4.79 Å². The van der Waals surface area contributed by atoms with E-state index in [4.69, 9.17) is 27.9 Å². The SMILES string of the molecule is O=C(Nc1ccc(OC2=IC=C(C(F)(F)F)C=C2)c(Cl)c1)c1ccc(Cl)cc1. The molecule has 0 radical (unpaired) electrons. The highest BCUT2D eigenvalue weighted by molar-refractivity contribution is 14.2. The number of carbonyl (C=O) groups excluding carboxylic acids is 1. The summed E-state index contributed by atoms with van der Waals surface area (Å²) in [5.41, 5.74) is 0.218. The molecule has 0 saturated carbocycles. The average molecular weight is 540 g/mol. The van der Waals surface area contributed by atoms with Crippen LogP contribution in [0.4, 0.5) is 18.9 Å². The maximum atomic E-state index is 12.6. The number of halogens is 6. The van der Waals surface area contributed by atoms with Gasteiger partial charge in [-0.05, 0) is 79.4 Å². The largest absolute Gasteiger partial charge is 0.450 e. The fraction of sp³-hybridized carbons (Fsp3) is 0.0526. The predicted molar refractivity (Wildman–Crippen MR) is 114 cm³/mol. The lowest BCUT2D eigenvalue weighted by Gasteiger charge is -2.13. The second-order valence-electron chi connectivity index (χ2n) is 5.52. The molecule has 0 unspecified atom stereocenters. The quantitative estimate of drug-likeness (QED) is 0.437. The van der Waals surface area contributed by atoms with Gasteiger partial charge >= 0.3 is 6.18 Å². The summed E-state index contributed by atoms with van der Waals surface area (Å²) in [4.78, 5) is 12.2. The van der Waals surface area contributed by atoms with Gasteiger partial charge in [0.1, 0.15) is 5.75 Å². The highest BCUT2D eigenvalue weighted by Gasteiger charge is 2.32. The Kier molecular flexibility index (Phi) is 6.47. The molecule has 2 aromatic rings. The van der Waals surface area contributed by atoms with Crippen LogP contribution < -0.4 is 10.1 Å². The number of nitrogens with one attached hydrogen (secondary N) is 1. The first-order valence-corrected chi connectivity index (χ1v) is 10.8. The lowest BCUT2D eigenvalue weighted by molar-refractivity contribution is -0.0878. The summed E-state index contributed by atoms with van der Waals surface area (Å²) in [6.07, 6.45) is -2.07. The molecule has 1 heterocycles. The summed E-state index contributed by atoms with van der Waals surface area (Å²) in [6.45, 7) is 0. The Morgan fingerprint density at radius 2 is 1.75 bits per heavy atom. The molecule has 3 rings (SSSR count). The van der Waals surface area contributed by atoms with Crippen molar-refractivity contribution in [3.05, 3.63) is 79.9 Å². The van der Waals surface area contributed by atoms with Gasteiger partial charge in [0.05, 0.1) is 10.6 Å². The molecule has 1 amide bonds. The summed E-state index contributed by atoms with van der Waals surface area (Å²) in [5.74, 6) is -0.0314. The fourth-order valence-corrected chi connectivity index (χ4v) is 4.42. The van der Waals surface area contributed by atoms with E-state index >= 15 is 0 Å². The van der Waals surface area contributed by atoms with E-state index in [1.165, 1.54) is 12.1 Å². The molecule has 146 valence electrons. The fourth-order valence-electron chi connectivity index (χ4n) is 2.12. The third-order valence-electron chi connectivity index (χ3n) is 3.50. The van der Waals surface area contributed by atoms with Crippen LogP contribution in [0.5, 0.6) is 5.75 Å². The smallest absolute Gasteiger partial charge is 0.416 e. The van der Waals surface area contributed by atoms with E-state index in [9.17, 15) is 18.0 Å². The molecule has 0 bridgehead atoms. The first-order chi connectivity index (χ1) is 13.2. The number of hydrogen-bond acceptors (Lipinski definition) is 2. The van der Waals surface area contributed by atoms with Crippen molar-refractivity contribution in [1.82, 2.24) is 0 Å². The summed E-state index contributed by atoms with van der Waals surface area (Å²) in [6, 6.07) is 11.1. The van der Waals surface area contributed by atoms with E-state index in [-0.39, 0.29) is 10.9 Å². The van der Waals surface area contributed by atoms with Crippen molar-refractivity contribution in [2.24, 2.45) is 0 Å². The number of anilines is 1. The number of benzene rings is 2. The third kappa shape index (κ3) is 5.36. The number of ether oxygens (including phenoxy) is 1. The Hall–Kier alpha value is -1.84. The number of alkyl halides is 3. The molecule has 0 aliphatic carbocycles. The zero-order valence-corrected chi connectivity index (χ0v) is 17.5. The lowest BCUT2D eigenvalue weighted by Crippen LogP contribution is -2.13.